The molecule has 0 atom stereocenters. The summed E-state index contributed by atoms with van der Waals surface area (Å²) in [6.45, 7) is 6.12. The van der Waals surface area contributed by atoms with Crippen LogP contribution in [0.25, 0.3) is 10.9 Å². The van der Waals surface area contributed by atoms with Crippen molar-refractivity contribution in [2.45, 2.75) is 27.2 Å². The van der Waals surface area contributed by atoms with Crippen molar-refractivity contribution < 1.29 is 5.11 Å². The SMILES string of the molecule is CCc1ccc2[nH]c(O)c(N=Nc3cc(C)ccc3C)c2c1. The molecule has 0 saturated carbocycles. The minimum Gasteiger partial charge on any atom is -0.493 e. The molecule has 1 aromatic heterocycles. The molecule has 0 fully saturated rings. The summed E-state index contributed by atoms with van der Waals surface area (Å²) in [6.07, 6.45) is 0.940. The minimum absolute atomic E-state index is 0.0531. The summed E-state index contributed by atoms with van der Waals surface area (Å²) in [5.41, 5.74) is 5.57. The fourth-order valence-electron chi connectivity index (χ4n) is 2.46. The monoisotopic (exact) mass is 293 g/mol. The maximum Gasteiger partial charge on any atom is 0.218 e. The van der Waals surface area contributed by atoms with Crippen molar-refractivity contribution in [1.82, 2.24) is 4.98 Å². The summed E-state index contributed by atoms with van der Waals surface area (Å²) in [5.74, 6) is 0.0531. The molecule has 22 heavy (non-hydrogen) atoms. The van der Waals surface area contributed by atoms with Crippen LogP contribution < -0.4 is 0 Å². The quantitative estimate of drug-likeness (QED) is 0.618. The van der Waals surface area contributed by atoms with E-state index in [1.54, 1.807) is 0 Å². The van der Waals surface area contributed by atoms with Crippen LogP contribution in [0.15, 0.2) is 46.6 Å². The van der Waals surface area contributed by atoms with Gasteiger partial charge in [-0.15, -0.1) is 5.11 Å². The molecule has 0 aliphatic heterocycles. The lowest BCUT2D eigenvalue weighted by Gasteiger charge is -2.00. The number of hydrogen-bond acceptors (Lipinski definition) is 3. The summed E-state index contributed by atoms with van der Waals surface area (Å²) in [7, 11) is 0. The fraction of sp³-hybridized carbons (Fsp3) is 0.222. The first-order valence-corrected chi connectivity index (χ1v) is 7.41. The molecule has 2 N–H and O–H groups in total. The van der Waals surface area contributed by atoms with E-state index in [1.165, 1.54) is 5.56 Å². The van der Waals surface area contributed by atoms with Crippen molar-refractivity contribution in [1.29, 1.82) is 0 Å². The molecule has 2 aromatic carbocycles. The zero-order valence-corrected chi connectivity index (χ0v) is 13.0. The van der Waals surface area contributed by atoms with E-state index in [2.05, 4.69) is 22.1 Å². The molecule has 4 nitrogen and oxygen atoms in total. The predicted octanol–water partition coefficient (Wildman–Crippen LogP) is 5.47. The van der Waals surface area contributed by atoms with Gasteiger partial charge in [0.05, 0.1) is 11.2 Å². The molecule has 0 saturated heterocycles. The lowest BCUT2D eigenvalue weighted by molar-refractivity contribution is 0.459. The molecule has 3 rings (SSSR count). The summed E-state index contributed by atoms with van der Waals surface area (Å²) in [6, 6.07) is 12.1. The number of aromatic amines is 1. The van der Waals surface area contributed by atoms with Gasteiger partial charge in [0, 0.05) is 5.39 Å². The highest BCUT2D eigenvalue weighted by molar-refractivity contribution is 5.94. The molecule has 1 heterocycles. The number of fused-ring (bicyclic) bond motifs is 1. The Morgan fingerprint density at radius 3 is 2.64 bits per heavy atom. The number of rotatable bonds is 3. The van der Waals surface area contributed by atoms with Gasteiger partial charge in [-0.25, -0.2) is 0 Å². The second-order valence-corrected chi connectivity index (χ2v) is 5.55. The third-order valence-corrected chi connectivity index (χ3v) is 3.85. The highest BCUT2D eigenvalue weighted by Crippen LogP contribution is 2.37. The Morgan fingerprint density at radius 1 is 1.05 bits per heavy atom. The van der Waals surface area contributed by atoms with Gasteiger partial charge in [-0.3, -0.25) is 0 Å². The Labute approximate surface area is 129 Å². The Kier molecular flexibility index (Phi) is 3.67. The molecule has 112 valence electrons. The number of hydrogen-bond donors (Lipinski definition) is 2. The summed E-state index contributed by atoms with van der Waals surface area (Å²) in [4.78, 5) is 2.94. The van der Waals surface area contributed by atoms with Crippen molar-refractivity contribution in [2.75, 3.05) is 0 Å². The number of aryl methyl sites for hydroxylation is 3. The van der Waals surface area contributed by atoms with E-state index in [0.29, 0.717) is 5.69 Å². The van der Waals surface area contributed by atoms with E-state index in [9.17, 15) is 5.11 Å². The molecule has 0 spiro atoms. The van der Waals surface area contributed by atoms with Gasteiger partial charge >= 0.3 is 0 Å². The van der Waals surface area contributed by atoms with Crippen LogP contribution in [-0.2, 0) is 6.42 Å². The van der Waals surface area contributed by atoms with Crippen molar-refractivity contribution >= 4 is 22.3 Å². The smallest absolute Gasteiger partial charge is 0.218 e. The molecule has 0 amide bonds. The number of aromatic nitrogens is 1. The predicted molar refractivity (Wildman–Crippen MR) is 89.4 cm³/mol. The third-order valence-electron chi connectivity index (χ3n) is 3.85. The zero-order valence-electron chi connectivity index (χ0n) is 13.0. The van der Waals surface area contributed by atoms with Crippen LogP contribution in [0.2, 0.25) is 0 Å². The van der Waals surface area contributed by atoms with E-state index in [4.69, 9.17) is 0 Å². The Balaban J connectivity index is 2.08. The molecule has 0 radical (unpaired) electrons. The van der Waals surface area contributed by atoms with Crippen molar-refractivity contribution in [2.24, 2.45) is 10.2 Å². The van der Waals surface area contributed by atoms with E-state index in [1.807, 2.05) is 50.2 Å². The number of azo groups is 1. The van der Waals surface area contributed by atoms with Crippen LogP contribution >= 0.6 is 0 Å². The first-order chi connectivity index (χ1) is 10.6. The molecule has 0 unspecified atom stereocenters. The second-order valence-electron chi connectivity index (χ2n) is 5.55. The molecule has 0 aliphatic carbocycles. The van der Waals surface area contributed by atoms with Crippen LogP contribution in [0.4, 0.5) is 11.4 Å². The Hall–Kier alpha value is -2.62. The maximum absolute atomic E-state index is 10.1. The van der Waals surface area contributed by atoms with Crippen LogP contribution in [0.1, 0.15) is 23.6 Å². The number of aromatic hydroxyl groups is 1. The van der Waals surface area contributed by atoms with Gasteiger partial charge in [0.15, 0.2) is 5.69 Å². The van der Waals surface area contributed by atoms with Crippen molar-refractivity contribution in [3.8, 4) is 5.88 Å². The van der Waals surface area contributed by atoms with Crippen LogP contribution in [0.3, 0.4) is 0 Å². The molecule has 0 bridgehead atoms. The largest absolute Gasteiger partial charge is 0.493 e. The minimum atomic E-state index is 0.0531. The van der Waals surface area contributed by atoms with Gasteiger partial charge < -0.3 is 10.1 Å². The Morgan fingerprint density at radius 2 is 1.86 bits per heavy atom. The fourth-order valence-corrected chi connectivity index (χ4v) is 2.46. The summed E-state index contributed by atoms with van der Waals surface area (Å²) >= 11 is 0. The lowest BCUT2D eigenvalue weighted by Crippen LogP contribution is -1.78. The number of nitrogens with zero attached hydrogens (tertiary/aromatic N) is 2. The van der Waals surface area contributed by atoms with E-state index in [0.717, 1.165) is 34.1 Å². The van der Waals surface area contributed by atoms with E-state index in [-0.39, 0.29) is 5.88 Å². The highest BCUT2D eigenvalue weighted by atomic mass is 16.3. The average molecular weight is 293 g/mol. The third kappa shape index (κ3) is 2.60. The lowest BCUT2D eigenvalue weighted by atomic mass is 10.1. The van der Waals surface area contributed by atoms with Crippen LogP contribution in [-0.4, -0.2) is 10.1 Å². The van der Waals surface area contributed by atoms with Crippen molar-refractivity contribution in [3.05, 3.63) is 53.1 Å². The van der Waals surface area contributed by atoms with Gasteiger partial charge in [-0.1, -0.05) is 25.1 Å². The van der Waals surface area contributed by atoms with Gasteiger partial charge in [0.1, 0.15) is 0 Å². The maximum atomic E-state index is 10.1. The molecule has 4 heteroatoms. The number of nitrogens with one attached hydrogen (secondary N) is 1. The Bertz CT molecular complexity index is 862. The van der Waals surface area contributed by atoms with Gasteiger partial charge in [-0.2, -0.15) is 5.11 Å². The van der Waals surface area contributed by atoms with Gasteiger partial charge in [-0.05, 0) is 55.2 Å². The molecule has 3 aromatic rings. The topological polar surface area (TPSA) is 60.7 Å². The standard InChI is InChI=1S/C18H19N3O/c1-4-13-7-8-15-14(10-13)17(18(22)19-15)21-20-16-9-11(2)5-6-12(16)3/h5-10,19,22H,4H2,1-3H3. The van der Waals surface area contributed by atoms with E-state index < -0.39 is 0 Å². The van der Waals surface area contributed by atoms with Gasteiger partial charge in [0.2, 0.25) is 5.88 Å². The van der Waals surface area contributed by atoms with Crippen LogP contribution in [0.5, 0.6) is 5.88 Å². The molecular formula is C18H19N3O. The summed E-state index contributed by atoms with van der Waals surface area (Å²) in [5, 5.41) is 19.6. The average Bonchev–Trinajstić information content (AvgIpc) is 2.82. The molecular weight excluding hydrogens is 274 g/mol. The van der Waals surface area contributed by atoms with Crippen LogP contribution in [0, 0.1) is 13.8 Å². The zero-order chi connectivity index (χ0) is 15.7. The normalized spacial score (nSPS) is 11.6. The second kappa shape index (κ2) is 5.64. The number of H-pyrrole nitrogens is 1. The van der Waals surface area contributed by atoms with Crippen molar-refractivity contribution in [3.63, 3.8) is 0 Å². The highest BCUT2D eigenvalue weighted by Gasteiger charge is 2.11. The first kappa shape index (κ1) is 14.3. The van der Waals surface area contributed by atoms with Gasteiger partial charge in [0.25, 0.3) is 0 Å². The molecule has 0 aliphatic rings. The first-order valence-electron chi connectivity index (χ1n) is 7.41. The number of benzene rings is 2. The summed E-state index contributed by atoms with van der Waals surface area (Å²) < 4.78 is 0. The van der Waals surface area contributed by atoms with E-state index >= 15 is 0 Å².